The van der Waals surface area contributed by atoms with Gasteiger partial charge in [-0.2, -0.15) is 0 Å². The van der Waals surface area contributed by atoms with Crippen LogP contribution in [0.15, 0.2) is 36.7 Å². The lowest BCUT2D eigenvalue weighted by Crippen LogP contribution is -2.06. The second-order valence-corrected chi connectivity index (χ2v) is 4.46. The van der Waals surface area contributed by atoms with Crippen molar-refractivity contribution in [1.82, 2.24) is 10.3 Å². The van der Waals surface area contributed by atoms with Crippen molar-refractivity contribution >= 4 is 11.6 Å². The SMILES string of the molecule is CNCc1ccc(Cl)cc1-c1ccncc1C. The van der Waals surface area contributed by atoms with Crippen LogP contribution in [0.25, 0.3) is 11.1 Å². The van der Waals surface area contributed by atoms with Gasteiger partial charge in [0.1, 0.15) is 0 Å². The van der Waals surface area contributed by atoms with E-state index in [1.165, 1.54) is 16.7 Å². The summed E-state index contributed by atoms with van der Waals surface area (Å²) in [5.41, 5.74) is 4.76. The molecule has 0 saturated carbocycles. The summed E-state index contributed by atoms with van der Waals surface area (Å²) in [5, 5.41) is 3.93. The average Bonchev–Trinajstić information content (AvgIpc) is 2.32. The number of aryl methyl sites for hydroxylation is 1. The lowest BCUT2D eigenvalue weighted by atomic mass is 9.97. The normalized spacial score (nSPS) is 10.5. The Morgan fingerprint density at radius 1 is 1.24 bits per heavy atom. The fourth-order valence-corrected chi connectivity index (χ4v) is 2.09. The summed E-state index contributed by atoms with van der Waals surface area (Å²) < 4.78 is 0. The molecule has 0 bridgehead atoms. The predicted octanol–water partition coefficient (Wildman–Crippen LogP) is 3.43. The van der Waals surface area contributed by atoms with Gasteiger partial charge in [-0.1, -0.05) is 17.7 Å². The topological polar surface area (TPSA) is 24.9 Å². The van der Waals surface area contributed by atoms with Crippen LogP contribution in [0.1, 0.15) is 11.1 Å². The molecule has 0 fully saturated rings. The number of pyridine rings is 1. The summed E-state index contributed by atoms with van der Waals surface area (Å²) in [7, 11) is 1.94. The molecule has 0 radical (unpaired) electrons. The van der Waals surface area contributed by atoms with Crippen molar-refractivity contribution in [3.63, 3.8) is 0 Å². The van der Waals surface area contributed by atoms with Gasteiger partial charge in [-0.25, -0.2) is 0 Å². The fraction of sp³-hybridized carbons (Fsp3) is 0.214. The Morgan fingerprint density at radius 3 is 2.76 bits per heavy atom. The summed E-state index contributed by atoms with van der Waals surface area (Å²) in [6.07, 6.45) is 3.69. The van der Waals surface area contributed by atoms with E-state index in [9.17, 15) is 0 Å². The van der Waals surface area contributed by atoms with Crippen molar-refractivity contribution in [2.45, 2.75) is 13.5 Å². The molecule has 0 aliphatic heterocycles. The molecule has 0 atom stereocenters. The number of aromatic nitrogens is 1. The largest absolute Gasteiger partial charge is 0.316 e. The summed E-state index contributed by atoms with van der Waals surface area (Å²) in [6.45, 7) is 2.89. The van der Waals surface area contributed by atoms with E-state index in [1.54, 1.807) is 0 Å². The molecule has 88 valence electrons. The number of rotatable bonds is 3. The molecule has 0 amide bonds. The fourth-order valence-electron chi connectivity index (χ4n) is 1.92. The minimum atomic E-state index is 0.760. The van der Waals surface area contributed by atoms with Gasteiger partial charge in [0.05, 0.1) is 0 Å². The molecule has 17 heavy (non-hydrogen) atoms. The number of nitrogens with zero attached hydrogens (tertiary/aromatic N) is 1. The Labute approximate surface area is 107 Å². The van der Waals surface area contributed by atoms with Crippen LogP contribution in [0.3, 0.4) is 0 Å². The maximum atomic E-state index is 6.08. The van der Waals surface area contributed by atoms with Crippen LogP contribution in [0.5, 0.6) is 0 Å². The molecule has 1 aromatic carbocycles. The average molecular weight is 247 g/mol. The molecule has 1 heterocycles. The first-order valence-corrected chi connectivity index (χ1v) is 5.94. The number of benzene rings is 1. The van der Waals surface area contributed by atoms with Gasteiger partial charge in [0.2, 0.25) is 0 Å². The van der Waals surface area contributed by atoms with Gasteiger partial charge in [-0.15, -0.1) is 0 Å². The first-order valence-electron chi connectivity index (χ1n) is 5.56. The van der Waals surface area contributed by atoms with Gasteiger partial charge in [0, 0.05) is 24.0 Å². The zero-order chi connectivity index (χ0) is 12.3. The summed E-state index contributed by atoms with van der Waals surface area (Å²) in [5.74, 6) is 0. The molecule has 0 aliphatic carbocycles. The Morgan fingerprint density at radius 2 is 2.06 bits per heavy atom. The molecule has 0 spiro atoms. The Bertz CT molecular complexity index is 523. The van der Waals surface area contributed by atoms with E-state index in [1.807, 2.05) is 37.6 Å². The van der Waals surface area contributed by atoms with Crippen molar-refractivity contribution in [3.8, 4) is 11.1 Å². The molecular weight excluding hydrogens is 232 g/mol. The van der Waals surface area contributed by atoms with Gasteiger partial charge in [-0.05, 0) is 54.4 Å². The van der Waals surface area contributed by atoms with Crippen molar-refractivity contribution < 1.29 is 0 Å². The lowest BCUT2D eigenvalue weighted by Gasteiger charge is -2.12. The quantitative estimate of drug-likeness (QED) is 0.898. The van der Waals surface area contributed by atoms with Gasteiger partial charge in [-0.3, -0.25) is 4.98 Å². The molecule has 2 nitrogen and oxygen atoms in total. The van der Waals surface area contributed by atoms with Crippen LogP contribution in [0, 0.1) is 6.92 Å². The highest BCUT2D eigenvalue weighted by atomic mass is 35.5. The van der Waals surface area contributed by atoms with Crippen molar-refractivity contribution in [3.05, 3.63) is 52.8 Å². The minimum Gasteiger partial charge on any atom is -0.316 e. The molecule has 2 aromatic rings. The zero-order valence-corrected chi connectivity index (χ0v) is 10.8. The van der Waals surface area contributed by atoms with Crippen LogP contribution >= 0.6 is 11.6 Å². The smallest absolute Gasteiger partial charge is 0.0412 e. The van der Waals surface area contributed by atoms with E-state index in [0.29, 0.717) is 0 Å². The number of halogens is 1. The summed E-state index contributed by atoms with van der Waals surface area (Å²) >= 11 is 6.08. The van der Waals surface area contributed by atoms with E-state index in [2.05, 4.69) is 23.3 Å². The standard InChI is InChI=1S/C14H15ClN2/c1-10-8-17-6-5-13(10)14-7-12(15)4-3-11(14)9-16-2/h3-8,16H,9H2,1-2H3. The first-order chi connectivity index (χ1) is 8.22. The molecule has 1 aromatic heterocycles. The van der Waals surface area contributed by atoms with Gasteiger partial charge >= 0.3 is 0 Å². The molecule has 0 saturated heterocycles. The second-order valence-electron chi connectivity index (χ2n) is 4.02. The zero-order valence-electron chi connectivity index (χ0n) is 10.00. The third kappa shape index (κ3) is 2.65. The van der Waals surface area contributed by atoms with Crippen molar-refractivity contribution in [2.24, 2.45) is 0 Å². The Balaban J connectivity index is 2.57. The van der Waals surface area contributed by atoms with Crippen LogP contribution in [0.4, 0.5) is 0 Å². The maximum absolute atomic E-state index is 6.08. The van der Waals surface area contributed by atoms with Gasteiger partial charge in [0.25, 0.3) is 0 Å². The molecular formula is C14H15ClN2. The monoisotopic (exact) mass is 246 g/mol. The van der Waals surface area contributed by atoms with E-state index >= 15 is 0 Å². The van der Waals surface area contributed by atoms with Crippen LogP contribution < -0.4 is 5.32 Å². The highest BCUT2D eigenvalue weighted by Gasteiger charge is 2.07. The molecule has 2 rings (SSSR count). The summed E-state index contributed by atoms with van der Waals surface area (Å²) in [4.78, 5) is 4.12. The summed E-state index contributed by atoms with van der Waals surface area (Å²) in [6, 6.07) is 8.03. The Kier molecular flexibility index (Phi) is 3.77. The van der Waals surface area contributed by atoms with Gasteiger partial charge in [0.15, 0.2) is 0 Å². The predicted molar refractivity (Wildman–Crippen MR) is 72.2 cm³/mol. The van der Waals surface area contributed by atoms with Crippen LogP contribution in [0.2, 0.25) is 5.02 Å². The Hall–Kier alpha value is -1.38. The third-order valence-corrected chi connectivity index (χ3v) is 2.98. The number of hydrogen-bond donors (Lipinski definition) is 1. The molecule has 0 aliphatic rings. The van der Waals surface area contributed by atoms with E-state index in [-0.39, 0.29) is 0 Å². The second kappa shape index (κ2) is 5.30. The third-order valence-electron chi connectivity index (χ3n) is 2.75. The van der Waals surface area contributed by atoms with E-state index < -0.39 is 0 Å². The highest BCUT2D eigenvalue weighted by Crippen LogP contribution is 2.28. The van der Waals surface area contributed by atoms with Crippen LogP contribution in [-0.4, -0.2) is 12.0 Å². The number of hydrogen-bond acceptors (Lipinski definition) is 2. The minimum absolute atomic E-state index is 0.760. The van der Waals surface area contributed by atoms with E-state index in [0.717, 1.165) is 17.1 Å². The molecule has 0 unspecified atom stereocenters. The van der Waals surface area contributed by atoms with Crippen molar-refractivity contribution in [1.29, 1.82) is 0 Å². The van der Waals surface area contributed by atoms with E-state index in [4.69, 9.17) is 11.6 Å². The molecule has 3 heteroatoms. The molecule has 1 N–H and O–H groups in total. The number of nitrogens with one attached hydrogen (secondary N) is 1. The lowest BCUT2D eigenvalue weighted by molar-refractivity contribution is 0.819. The first kappa shape index (κ1) is 12.1. The van der Waals surface area contributed by atoms with Crippen LogP contribution in [-0.2, 0) is 6.54 Å². The maximum Gasteiger partial charge on any atom is 0.0412 e. The van der Waals surface area contributed by atoms with Crippen molar-refractivity contribution in [2.75, 3.05) is 7.05 Å². The van der Waals surface area contributed by atoms with Gasteiger partial charge < -0.3 is 5.32 Å². The highest BCUT2D eigenvalue weighted by molar-refractivity contribution is 6.30.